The molecule has 2 aliphatic rings. The van der Waals surface area contributed by atoms with Crippen molar-refractivity contribution in [1.82, 2.24) is 0 Å². The van der Waals surface area contributed by atoms with Gasteiger partial charge in [0.25, 0.3) is 0 Å². The summed E-state index contributed by atoms with van der Waals surface area (Å²) < 4.78 is 0. The molecule has 20 heavy (non-hydrogen) atoms. The molecule has 0 radical (unpaired) electrons. The lowest BCUT2D eigenvalue weighted by atomic mass is 9.71. The fourth-order valence-corrected chi connectivity index (χ4v) is 3.70. The van der Waals surface area contributed by atoms with Gasteiger partial charge in [-0.1, -0.05) is 40.0 Å². The van der Waals surface area contributed by atoms with Crippen molar-refractivity contribution in [3.63, 3.8) is 0 Å². The second-order valence-electron chi connectivity index (χ2n) is 7.99. The smallest absolute Gasteiger partial charge is 0.164 e. The lowest BCUT2D eigenvalue weighted by molar-refractivity contribution is -0.124. The maximum atomic E-state index is 12.5. The van der Waals surface area contributed by atoms with E-state index in [9.17, 15) is 9.90 Å². The SMILES string of the molecule is CC1(C)CCC(/C(O)=C/C(=O)C2(C)CCCCC2)CC1. The average molecular weight is 278 g/mol. The Morgan fingerprint density at radius 2 is 1.55 bits per heavy atom. The second kappa shape index (κ2) is 5.91. The van der Waals surface area contributed by atoms with Crippen LogP contribution >= 0.6 is 0 Å². The molecule has 0 aliphatic heterocycles. The van der Waals surface area contributed by atoms with Crippen LogP contribution < -0.4 is 0 Å². The molecule has 0 aromatic carbocycles. The van der Waals surface area contributed by atoms with E-state index in [1.807, 2.05) is 0 Å². The third-order valence-electron chi connectivity index (χ3n) is 5.59. The number of aliphatic hydroxyl groups excluding tert-OH is 1. The molecular weight excluding hydrogens is 248 g/mol. The molecule has 0 saturated heterocycles. The monoisotopic (exact) mass is 278 g/mol. The minimum Gasteiger partial charge on any atom is -0.512 e. The Bertz CT molecular complexity index is 376. The van der Waals surface area contributed by atoms with Gasteiger partial charge in [0.05, 0.1) is 5.76 Å². The fraction of sp³-hybridized carbons (Fsp3) is 0.833. The van der Waals surface area contributed by atoms with Crippen LogP contribution in [0.1, 0.15) is 78.6 Å². The van der Waals surface area contributed by atoms with Crippen LogP contribution in [0.4, 0.5) is 0 Å². The normalized spacial score (nSPS) is 27.2. The minimum absolute atomic E-state index is 0.152. The third kappa shape index (κ3) is 3.65. The molecule has 0 atom stereocenters. The summed E-state index contributed by atoms with van der Waals surface area (Å²) >= 11 is 0. The standard InChI is InChI=1S/C18H30O2/c1-17(2)11-7-14(8-12-17)15(19)13-16(20)18(3)9-5-4-6-10-18/h13-14,19H,4-12H2,1-3H3/b15-13-. The topological polar surface area (TPSA) is 37.3 Å². The molecule has 2 saturated carbocycles. The van der Waals surface area contributed by atoms with E-state index in [-0.39, 0.29) is 17.1 Å². The lowest BCUT2D eigenvalue weighted by Crippen LogP contribution is -2.30. The zero-order chi connectivity index (χ0) is 14.8. The Kier molecular flexibility index (Phi) is 4.61. The molecule has 2 rings (SSSR count). The Labute approximate surface area is 123 Å². The molecule has 114 valence electrons. The average Bonchev–Trinajstić information content (AvgIpc) is 2.39. The molecule has 2 heteroatoms. The molecule has 0 bridgehead atoms. The number of aliphatic hydroxyl groups is 1. The Balaban J connectivity index is 1.97. The van der Waals surface area contributed by atoms with Crippen molar-refractivity contribution in [2.75, 3.05) is 0 Å². The highest BCUT2D eigenvalue weighted by Crippen LogP contribution is 2.41. The van der Waals surface area contributed by atoms with Gasteiger partial charge in [-0.15, -0.1) is 0 Å². The lowest BCUT2D eigenvalue weighted by Gasteiger charge is -2.34. The molecule has 0 heterocycles. The number of allylic oxidation sites excluding steroid dienone is 2. The third-order valence-corrected chi connectivity index (χ3v) is 5.59. The van der Waals surface area contributed by atoms with Crippen LogP contribution in [0.25, 0.3) is 0 Å². The van der Waals surface area contributed by atoms with E-state index in [2.05, 4.69) is 20.8 Å². The van der Waals surface area contributed by atoms with Crippen molar-refractivity contribution in [1.29, 1.82) is 0 Å². The van der Waals surface area contributed by atoms with Gasteiger partial charge < -0.3 is 5.11 Å². The summed E-state index contributed by atoms with van der Waals surface area (Å²) in [6.45, 7) is 6.65. The largest absolute Gasteiger partial charge is 0.512 e. The van der Waals surface area contributed by atoms with Gasteiger partial charge in [0.15, 0.2) is 5.78 Å². The first kappa shape index (κ1) is 15.6. The van der Waals surface area contributed by atoms with Gasteiger partial charge in [0.1, 0.15) is 0 Å². The highest BCUT2D eigenvalue weighted by atomic mass is 16.3. The van der Waals surface area contributed by atoms with Crippen molar-refractivity contribution < 1.29 is 9.90 Å². The molecule has 0 spiro atoms. The quantitative estimate of drug-likeness (QED) is 0.570. The van der Waals surface area contributed by atoms with E-state index in [0.29, 0.717) is 11.2 Å². The van der Waals surface area contributed by atoms with Crippen LogP contribution in [0.2, 0.25) is 0 Å². The van der Waals surface area contributed by atoms with E-state index in [1.165, 1.54) is 6.42 Å². The van der Waals surface area contributed by atoms with Crippen LogP contribution in [-0.4, -0.2) is 10.9 Å². The number of carbonyl (C=O) groups excluding carboxylic acids is 1. The predicted molar refractivity (Wildman–Crippen MR) is 82.6 cm³/mol. The molecule has 2 fully saturated rings. The number of hydrogen-bond donors (Lipinski definition) is 1. The van der Waals surface area contributed by atoms with Crippen LogP contribution in [0, 0.1) is 16.7 Å². The van der Waals surface area contributed by atoms with E-state index in [4.69, 9.17) is 0 Å². The zero-order valence-electron chi connectivity index (χ0n) is 13.4. The fourth-order valence-electron chi connectivity index (χ4n) is 3.70. The van der Waals surface area contributed by atoms with E-state index in [0.717, 1.165) is 51.4 Å². The Hall–Kier alpha value is -0.790. The summed E-state index contributed by atoms with van der Waals surface area (Å²) in [7, 11) is 0. The number of rotatable bonds is 3. The van der Waals surface area contributed by atoms with Crippen molar-refractivity contribution in [3.8, 4) is 0 Å². The molecule has 0 amide bonds. The number of ketones is 1. The number of carbonyl (C=O) groups is 1. The Morgan fingerprint density at radius 3 is 2.10 bits per heavy atom. The molecule has 0 aromatic heterocycles. The van der Waals surface area contributed by atoms with Gasteiger partial charge in [-0.25, -0.2) is 0 Å². The van der Waals surface area contributed by atoms with E-state index >= 15 is 0 Å². The maximum Gasteiger partial charge on any atom is 0.164 e. The highest BCUT2D eigenvalue weighted by molar-refractivity contribution is 5.94. The molecule has 2 nitrogen and oxygen atoms in total. The first-order valence-corrected chi connectivity index (χ1v) is 8.27. The Morgan fingerprint density at radius 1 is 1.00 bits per heavy atom. The van der Waals surface area contributed by atoms with Gasteiger partial charge in [-0.05, 0) is 43.9 Å². The predicted octanol–water partition coefficient (Wildman–Crippen LogP) is 5.18. The molecule has 1 N–H and O–H groups in total. The van der Waals surface area contributed by atoms with Gasteiger partial charge in [-0.3, -0.25) is 4.79 Å². The summed E-state index contributed by atoms with van der Waals surface area (Å²) in [6.07, 6.45) is 11.4. The second-order valence-corrected chi connectivity index (χ2v) is 7.99. The van der Waals surface area contributed by atoms with Crippen molar-refractivity contribution in [2.45, 2.75) is 78.6 Å². The van der Waals surface area contributed by atoms with Gasteiger partial charge in [-0.2, -0.15) is 0 Å². The zero-order valence-corrected chi connectivity index (χ0v) is 13.4. The van der Waals surface area contributed by atoms with Crippen LogP contribution in [-0.2, 0) is 4.79 Å². The summed E-state index contributed by atoms with van der Waals surface area (Å²) in [4.78, 5) is 12.5. The molecular formula is C18H30O2. The summed E-state index contributed by atoms with van der Waals surface area (Å²) in [5.41, 5.74) is 0.177. The molecule has 0 aromatic rings. The van der Waals surface area contributed by atoms with Gasteiger partial charge >= 0.3 is 0 Å². The number of hydrogen-bond acceptors (Lipinski definition) is 2. The summed E-state index contributed by atoms with van der Waals surface area (Å²) in [5.74, 6) is 0.705. The minimum atomic E-state index is -0.222. The first-order valence-electron chi connectivity index (χ1n) is 8.27. The molecule has 2 aliphatic carbocycles. The van der Waals surface area contributed by atoms with E-state index in [1.54, 1.807) is 6.08 Å². The van der Waals surface area contributed by atoms with Gasteiger partial charge in [0, 0.05) is 17.4 Å². The van der Waals surface area contributed by atoms with Crippen molar-refractivity contribution in [3.05, 3.63) is 11.8 Å². The molecule has 0 unspecified atom stereocenters. The summed E-state index contributed by atoms with van der Waals surface area (Å²) in [5, 5.41) is 10.3. The van der Waals surface area contributed by atoms with Crippen LogP contribution in [0.15, 0.2) is 11.8 Å². The van der Waals surface area contributed by atoms with Crippen LogP contribution in [0.5, 0.6) is 0 Å². The highest BCUT2D eigenvalue weighted by Gasteiger charge is 2.34. The van der Waals surface area contributed by atoms with Gasteiger partial charge in [0.2, 0.25) is 0 Å². The van der Waals surface area contributed by atoms with Crippen LogP contribution in [0.3, 0.4) is 0 Å². The van der Waals surface area contributed by atoms with E-state index < -0.39 is 0 Å². The van der Waals surface area contributed by atoms with Crippen molar-refractivity contribution >= 4 is 5.78 Å². The summed E-state index contributed by atoms with van der Waals surface area (Å²) in [6, 6.07) is 0. The maximum absolute atomic E-state index is 12.5. The van der Waals surface area contributed by atoms with Crippen molar-refractivity contribution in [2.24, 2.45) is 16.7 Å². The first-order chi connectivity index (χ1) is 9.32.